The van der Waals surface area contributed by atoms with Crippen molar-refractivity contribution in [2.45, 2.75) is 0 Å². The molecule has 6 heteroatoms. The summed E-state index contributed by atoms with van der Waals surface area (Å²) in [6.07, 6.45) is 2.85. The van der Waals surface area contributed by atoms with Crippen LogP contribution in [0.25, 0.3) is 17.2 Å². The van der Waals surface area contributed by atoms with Crippen molar-refractivity contribution in [2.24, 2.45) is 0 Å². The van der Waals surface area contributed by atoms with Gasteiger partial charge in [-0.1, -0.05) is 78.3 Å². The molecule has 0 saturated carbocycles. The molecule has 0 aliphatic rings. The predicted octanol–water partition coefficient (Wildman–Crippen LogP) is 4.25. The third-order valence-electron chi connectivity index (χ3n) is 3.98. The van der Waals surface area contributed by atoms with E-state index in [9.17, 15) is 9.59 Å². The average molecular weight is 407 g/mol. The third-order valence-corrected chi connectivity index (χ3v) is 4.32. The Morgan fingerprint density at radius 1 is 0.862 bits per heavy atom. The van der Waals surface area contributed by atoms with Crippen LogP contribution in [0.4, 0.5) is 0 Å². The molecule has 0 unspecified atom stereocenters. The SMILES string of the molecule is O=C(C=Cc1ccccc1Cl)NNC(=O)COc1ccccc1-c1ccccc1. The van der Waals surface area contributed by atoms with Crippen molar-refractivity contribution < 1.29 is 14.3 Å². The Balaban J connectivity index is 1.51. The van der Waals surface area contributed by atoms with E-state index in [1.165, 1.54) is 6.08 Å². The van der Waals surface area contributed by atoms with Crippen molar-refractivity contribution in [1.29, 1.82) is 0 Å². The first-order valence-electron chi connectivity index (χ1n) is 8.92. The first-order chi connectivity index (χ1) is 14.1. The van der Waals surface area contributed by atoms with E-state index in [1.807, 2.05) is 54.6 Å². The Morgan fingerprint density at radius 3 is 2.34 bits per heavy atom. The molecule has 2 amide bonds. The monoisotopic (exact) mass is 406 g/mol. The lowest BCUT2D eigenvalue weighted by atomic mass is 10.1. The minimum absolute atomic E-state index is 0.238. The topological polar surface area (TPSA) is 67.4 Å². The molecule has 0 aromatic heterocycles. The molecular formula is C23H19ClN2O3. The van der Waals surface area contributed by atoms with E-state index >= 15 is 0 Å². The summed E-state index contributed by atoms with van der Waals surface area (Å²) < 4.78 is 5.63. The fourth-order valence-corrected chi connectivity index (χ4v) is 2.78. The van der Waals surface area contributed by atoms with Crippen molar-refractivity contribution >= 4 is 29.5 Å². The number of carbonyl (C=O) groups is 2. The first-order valence-corrected chi connectivity index (χ1v) is 9.30. The van der Waals surface area contributed by atoms with Crippen molar-refractivity contribution in [3.05, 3.63) is 95.5 Å². The van der Waals surface area contributed by atoms with Gasteiger partial charge in [0.25, 0.3) is 11.8 Å². The van der Waals surface area contributed by atoms with E-state index in [1.54, 1.807) is 30.3 Å². The zero-order valence-electron chi connectivity index (χ0n) is 15.5. The third kappa shape index (κ3) is 5.96. The smallest absolute Gasteiger partial charge is 0.276 e. The Hall–Kier alpha value is -3.57. The normalized spacial score (nSPS) is 10.5. The minimum atomic E-state index is -0.483. The Labute approximate surface area is 173 Å². The van der Waals surface area contributed by atoms with Gasteiger partial charge in [0, 0.05) is 16.7 Å². The van der Waals surface area contributed by atoms with Crippen LogP contribution in [0.3, 0.4) is 0 Å². The summed E-state index contributed by atoms with van der Waals surface area (Å²) in [6, 6.07) is 24.3. The second kappa shape index (κ2) is 10.1. The summed E-state index contributed by atoms with van der Waals surface area (Å²) in [5, 5.41) is 0.533. The Kier molecular flexibility index (Phi) is 7.03. The second-order valence-electron chi connectivity index (χ2n) is 6.04. The number of hydrogen-bond donors (Lipinski definition) is 2. The minimum Gasteiger partial charge on any atom is -0.483 e. The maximum absolute atomic E-state index is 12.0. The van der Waals surface area contributed by atoms with Crippen LogP contribution in [-0.2, 0) is 9.59 Å². The quantitative estimate of drug-likeness (QED) is 0.475. The van der Waals surface area contributed by atoms with Crippen LogP contribution in [0.5, 0.6) is 5.75 Å². The van der Waals surface area contributed by atoms with Crippen molar-refractivity contribution in [3.63, 3.8) is 0 Å². The molecular weight excluding hydrogens is 388 g/mol. The molecule has 29 heavy (non-hydrogen) atoms. The fraction of sp³-hybridized carbons (Fsp3) is 0.0435. The van der Waals surface area contributed by atoms with Crippen molar-refractivity contribution in [1.82, 2.24) is 10.9 Å². The van der Waals surface area contributed by atoms with Gasteiger partial charge in [0.2, 0.25) is 0 Å². The molecule has 0 fully saturated rings. The summed E-state index contributed by atoms with van der Waals surface area (Å²) in [4.78, 5) is 23.8. The maximum atomic E-state index is 12.0. The highest BCUT2D eigenvalue weighted by atomic mass is 35.5. The van der Waals surface area contributed by atoms with E-state index in [0.717, 1.165) is 11.1 Å². The first kappa shape index (κ1) is 20.2. The molecule has 0 heterocycles. The summed E-state index contributed by atoms with van der Waals surface area (Å²) in [7, 11) is 0. The number of amides is 2. The van der Waals surface area contributed by atoms with Crippen LogP contribution in [0.2, 0.25) is 5.02 Å². The van der Waals surface area contributed by atoms with Crippen molar-refractivity contribution in [2.75, 3.05) is 6.61 Å². The van der Waals surface area contributed by atoms with Gasteiger partial charge in [-0.2, -0.15) is 0 Å². The van der Waals surface area contributed by atoms with Gasteiger partial charge in [0.05, 0.1) is 0 Å². The van der Waals surface area contributed by atoms with Crippen LogP contribution in [0, 0.1) is 0 Å². The Bertz CT molecular complexity index is 1020. The van der Waals surface area contributed by atoms with E-state index in [-0.39, 0.29) is 6.61 Å². The van der Waals surface area contributed by atoms with E-state index in [2.05, 4.69) is 10.9 Å². The molecule has 0 aliphatic heterocycles. The highest BCUT2D eigenvalue weighted by molar-refractivity contribution is 6.32. The number of hydrogen-bond acceptors (Lipinski definition) is 3. The predicted molar refractivity (Wildman–Crippen MR) is 114 cm³/mol. The number of halogens is 1. The van der Waals surface area contributed by atoms with Gasteiger partial charge < -0.3 is 4.74 Å². The number of benzene rings is 3. The fourth-order valence-electron chi connectivity index (χ4n) is 2.58. The molecule has 0 saturated heterocycles. The summed E-state index contributed by atoms with van der Waals surface area (Å²) in [6.45, 7) is -0.238. The van der Waals surface area contributed by atoms with Gasteiger partial charge in [-0.3, -0.25) is 20.4 Å². The molecule has 3 aromatic carbocycles. The zero-order chi connectivity index (χ0) is 20.5. The van der Waals surface area contributed by atoms with Crippen LogP contribution >= 0.6 is 11.6 Å². The molecule has 0 radical (unpaired) electrons. The molecule has 3 rings (SSSR count). The highest BCUT2D eigenvalue weighted by Gasteiger charge is 2.08. The molecule has 0 spiro atoms. The lowest BCUT2D eigenvalue weighted by Gasteiger charge is -2.12. The molecule has 3 aromatic rings. The molecule has 5 nitrogen and oxygen atoms in total. The number of rotatable bonds is 6. The van der Waals surface area contributed by atoms with Crippen LogP contribution in [0.15, 0.2) is 84.9 Å². The molecule has 2 N–H and O–H groups in total. The highest BCUT2D eigenvalue weighted by Crippen LogP contribution is 2.29. The van der Waals surface area contributed by atoms with Gasteiger partial charge >= 0.3 is 0 Å². The number of hydrazine groups is 1. The van der Waals surface area contributed by atoms with Gasteiger partial charge in [0.15, 0.2) is 6.61 Å². The van der Waals surface area contributed by atoms with Gasteiger partial charge in [0.1, 0.15) is 5.75 Å². The number of nitrogens with one attached hydrogen (secondary N) is 2. The lowest BCUT2D eigenvalue weighted by molar-refractivity contribution is -0.128. The van der Waals surface area contributed by atoms with Crippen LogP contribution in [0.1, 0.15) is 5.56 Å². The maximum Gasteiger partial charge on any atom is 0.276 e. The number of para-hydroxylation sites is 1. The lowest BCUT2D eigenvalue weighted by Crippen LogP contribution is -2.43. The van der Waals surface area contributed by atoms with E-state index < -0.39 is 11.8 Å². The summed E-state index contributed by atoms with van der Waals surface area (Å²) in [5.41, 5.74) is 7.20. The molecule has 0 atom stereocenters. The summed E-state index contributed by atoms with van der Waals surface area (Å²) >= 11 is 6.02. The standard InChI is InChI=1S/C23H19ClN2O3/c24-20-12-6-4-10-18(20)14-15-22(27)25-26-23(28)16-29-21-13-7-5-11-19(21)17-8-2-1-3-9-17/h1-15H,16H2,(H,25,27)(H,26,28). The average Bonchev–Trinajstić information content (AvgIpc) is 2.76. The van der Waals surface area contributed by atoms with Crippen LogP contribution in [-0.4, -0.2) is 18.4 Å². The number of ether oxygens (including phenoxy) is 1. The number of carbonyl (C=O) groups excluding carboxylic acids is 2. The largest absolute Gasteiger partial charge is 0.483 e. The van der Waals surface area contributed by atoms with E-state index in [4.69, 9.17) is 16.3 Å². The van der Waals surface area contributed by atoms with E-state index in [0.29, 0.717) is 16.3 Å². The Morgan fingerprint density at radius 2 is 1.55 bits per heavy atom. The van der Waals surface area contributed by atoms with Crippen LogP contribution < -0.4 is 15.6 Å². The van der Waals surface area contributed by atoms with Gasteiger partial charge in [-0.15, -0.1) is 0 Å². The molecule has 146 valence electrons. The second-order valence-corrected chi connectivity index (χ2v) is 6.45. The molecule has 0 bridgehead atoms. The van der Waals surface area contributed by atoms with Gasteiger partial charge in [-0.25, -0.2) is 0 Å². The zero-order valence-corrected chi connectivity index (χ0v) is 16.2. The summed E-state index contributed by atoms with van der Waals surface area (Å²) in [5.74, 6) is -0.380. The molecule has 0 aliphatic carbocycles. The van der Waals surface area contributed by atoms with Crippen molar-refractivity contribution in [3.8, 4) is 16.9 Å². The van der Waals surface area contributed by atoms with Gasteiger partial charge in [-0.05, 0) is 29.3 Å².